The average molecular weight is 353 g/mol. The van der Waals surface area contributed by atoms with Crippen LogP contribution < -0.4 is 10.6 Å². The summed E-state index contributed by atoms with van der Waals surface area (Å²) in [5.74, 6) is 0.0661. The summed E-state index contributed by atoms with van der Waals surface area (Å²) in [4.78, 5) is 19.6. The van der Waals surface area contributed by atoms with Gasteiger partial charge in [0.15, 0.2) is 0 Å². The van der Waals surface area contributed by atoms with E-state index in [2.05, 4.69) is 27.5 Å². The Balaban J connectivity index is 2.37. The molecule has 1 aromatic carbocycles. The number of amides is 1. The highest BCUT2D eigenvalue weighted by molar-refractivity contribution is 6.28. The van der Waals surface area contributed by atoms with Crippen molar-refractivity contribution in [2.45, 2.75) is 45.6 Å². The Morgan fingerprint density at radius 3 is 2.79 bits per heavy atom. The van der Waals surface area contributed by atoms with E-state index < -0.39 is 5.54 Å². The molecule has 1 aromatic heterocycles. The SMILES string of the molecule is CCCCC(C)(CNC(C)=O)Nc1nc(Cl)nc2cc(F)ccc12. The van der Waals surface area contributed by atoms with Crippen LogP contribution in [0, 0.1) is 5.82 Å². The molecule has 0 aliphatic carbocycles. The first-order valence-electron chi connectivity index (χ1n) is 7.98. The van der Waals surface area contributed by atoms with Gasteiger partial charge in [-0.05, 0) is 37.1 Å². The van der Waals surface area contributed by atoms with Gasteiger partial charge in [-0.15, -0.1) is 0 Å². The Bertz CT molecular complexity index is 735. The van der Waals surface area contributed by atoms with Gasteiger partial charge < -0.3 is 10.6 Å². The van der Waals surface area contributed by atoms with Gasteiger partial charge in [0.1, 0.15) is 11.6 Å². The molecule has 0 saturated carbocycles. The molecule has 5 nitrogen and oxygen atoms in total. The van der Waals surface area contributed by atoms with Gasteiger partial charge in [-0.3, -0.25) is 4.79 Å². The Morgan fingerprint density at radius 2 is 2.12 bits per heavy atom. The molecule has 0 saturated heterocycles. The number of halogens is 2. The summed E-state index contributed by atoms with van der Waals surface area (Å²) in [5.41, 5.74) is 0.0376. The topological polar surface area (TPSA) is 66.9 Å². The molecule has 0 radical (unpaired) electrons. The van der Waals surface area contributed by atoms with E-state index in [0.717, 1.165) is 19.3 Å². The van der Waals surface area contributed by atoms with E-state index in [1.807, 2.05) is 6.92 Å². The van der Waals surface area contributed by atoms with Gasteiger partial charge in [-0.2, -0.15) is 0 Å². The molecule has 1 atom stereocenters. The number of nitrogens with zero attached hydrogens (tertiary/aromatic N) is 2. The Kier molecular flexibility index (Phi) is 5.94. The van der Waals surface area contributed by atoms with E-state index in [1.54, 1.807) is 6.07 Å². The molecule has 0 aliphatic heterocycles. The van der Waals surface area contributed by atoms with Gasteiger partial charge in [0.2, 0.25) is 11.2 Å². The van der Waals surface area contributed by atoms with Crippen molar-refractivity contribution in [1.29, 1.82) is 0 Å². The predicted octanol–water partition coefficient (Wildman–Crippen LogP) is 3.92. The fraction of sp³-hybridized carbons (Fsp3) is 0.471. The molecule has 7 heteroatoms. The third-order valence-corrected chi connectivity index (χ3v) is 4.03. The molecule has 0 spiro atoms. The number of hydrogen-bond donors (Lipinski definition) is 2. The summed E-state index contributed by atoms with van der Waals surface area (Å²) in [6.45, 7) is 6.06. The highest BCUT2D eigenvalue weighted by Gasteiger charge is 2.25. The molecule has 1 heterocycles. The van der Waals surface area contributed by atoms with Crippen molar-refractivity contribution in [3.8, 4) is 0 Å². The lowest BCUT2D eigenvalue weighted by atomic mass is 9.94. The fourth-order valence-electron chi connectivity index (χ4n) is 2.54. The van der Waals surface area contributed by atoms with Gasteiger partial charge >= 0.3 is 0 Å². The number of unbranched alkanes of at least 4 members (excludes halogenated alkanes) is 1. The minimum Gasteiger partial charge on any atom is -0.362 e. The maximum absolute atomic E-state index is 13.4. The van der Waals surface area contributed by atoms with Crippen LogP contribution >= 0.6 is 11.6 Å². The van der Waals surface area contributed by atoms with Gasteiger partial charge in [0.05, 0.1) is 11.1 Å². The summed E-state index contributed by atoms with van der Waals surface area (Å²) >= 11 is 5.98. The first-order chi connectivity index (χ1) is 11.3. The molecule has 2 aromatic rings. The van der Waals surface area contributed by atoms with Crippen molar-refractivity contribution in [1.82, 2.24) is 15.3 Å². The molecule has 0 aliphatic rings. The predicted molar refractivity (Wildman–Crippen MR) is 94.7 cm³/mol. The number of aromatic nitrogens is 2. The van der Waals surface area contributed by atoms with E-state index in [1.165, 1.54) is 19.1 Å². The van der Waals surface area contributed by atoms with E-state index >= 15 is 0 Å². The lowest BCUT2D eigenvalue weighted by Crippen LogP contribution is -2.46. The highest BCUT2D eigenvalue weighted by atomic mass is 35.5. The average Bonchev–Trinajstić information content (AvgIpc) is 2.50. The Morgan fingerprint density at radius 1 is 1.38 bits per heavy atom. The zero-order chi connectivity index (χ0) is 17.7. The largest absolute Gasteiger partial charge is 0.362 e. The second-order valence-corrected chi connectivity index (χ2v) is 6.54. The zero-order valence-electron chi connectivity index (χ0n) is 14.1. The Hall–Kier alpha value is -1.95. The summed E-state index contributed by atoms with van der Waals surface area (Å²) in [5, 5.41) is 6.96. The van der Waals surface area contributed by atoms with Crippen LogP contribution in [0.5, 0.6) is 0 Å². The zero-order valence-corrected chi connectivity index (χ0v) is 14.9. The van der Waals surface area contributed by atoms with Crippen LogP contribution in [-0.2, 0) is 4.79 Å². The van der Waals surface area contributed by atoms with Crippen LogP contribution in [0.4, 0.5) is 10.2 Å². The maximum Gasteiger partial charge on any atom is 0.224 e. The fourth-order valence-corrected chi connectivity index (χ4v) is 2.71. The van der Waals surface area contributed by atoms with Gasteiger partial charge in [0, 0.05) is 24.9 Å². The van der Waals surface area contributed by atoms with Crippen molar-refractivity contribution < 1.29 is 9.18 Å². The van der Waals surface area contributed by atoms with Crippen LogP contribution in [0.2, 0.25) is 5.28 Å². The summed E-state index contributed by atoms with van der Waals surface area (Å²) < 4.78 is 13.4. The van der Waals surface area contributed by atoms with E-state index in [4.69, 9.17) is 11.6 Å². The molecular formula is C17H22ClFN4O. The third-order valence-electron chi connectivity index (χ3n) is 3.86. The van der Waals surface area contributed by atoms with Gasteiger partial charge in [0.25, 0.3) is 0 Å². The number of fused-ring (bicyclic) bond motifs is 1. The molecule has 1 amide bonds. The molecule has 130 valence electrons. The second-order valence-electron chi connectivity index (χ2n) is 6.20. The van der Waals surface area contributed by atoms with Crippen LogP contribution in [0.25, 0.3) is 10.9 Å². The van der Waals surface area contributed by atoms with Crippen LogP contribution in [0.1, 0.15) is 40.0 Å². The number of anilines is 1. The molecule has 0 fully saturated rings. The number of carbonyl (C=O) groups excluding carboxylic acids is 1. The van der Waals surface area contributed by atoms with E-state index in [-0.39, 0.29) is 17.0 Å². The quantitative estimate of drug-likeness (QED) is 0.741. The normalized spacial score (nSPS) is 13.5. The van der Waals surface area contributed by atoms with Crippen molar-refractivity contribution in [3.63, 3.8) is 0 Å². The number of nitrogens with one attached hydrogen (secondary N) is 2. The van der Waals surface area contributed by atoms with Gasteiger partial charge in [-0.25, -0.2) is 14.4 Å². The highest BCUT2D eigenvalue weighted by Crippen LogP contribution is 2.27. The molecule has 0 bridgehead atoms. The first kappa shape index (κ1) is 18.4. The molecule has 2 rings (SSSR count). The molecular weight excluding hydrogens is 331 g/mol. The monoisotopic (exact) mass is 352 g/mol. The standard InChI is InChI=1S/C17H22ClFN4O/c1-4-5-8-17(3,10-20-11(2)24)23-15-13-7-6-12(19)9-14(13)21-16(18)22-15/h6-7,9H,4-5,8,10H2,1-3H3,(H,20,24)(H,21,22,23). The Labute approximate surface area is 146 Å². The second kappa shape index (κ2) is 7.75. The lowest BCUT2D eigenvalue weighted by molar-refractivity contribution is -0.119. The van der Waals surface area contributed by atoms with Crippen LogP contribution in [0.3, 0.4) is 0 Å². The molecule has 1 unspecified atom stereocenters. The van der Waals surface area contributed by atoms with Crippen LogP contribution in [-0.4, -0.2) is 28.0 Å². The lowest BCUT2D eigenvalue weighted by Gasteiger charge is -2.32. The van der Waals surface area contributed by atoms with Crippen molar-refractivity contribution >= 4 is 34.2 Å². The number of carbonyl (C=O) groups is 1. The number of hydrogen-bond acceptors (Lipinski definition) is 4. The van der Waals surface area contributed by atoms with Crippen LogP contribution in [0.15, 0.2) is 18.2 Å². The molecule has 2 N–H and O–H groups in total. The van der Waals surface area contributed by atoms with Crippen molar-refractivity contribution in [3.05, 3.63) is 29.3 Å². The minimum absolute atomic E-state index is 0.0490. The maximum atomic E-state index is 13.4. The summed E-state index contributed by atoms with van der Waals surface area (Å²) in [6.07, 6.45) is 2.87. The smallest absolute Gasteiger partial charge is 0.224 e. The van der Waals surface area contributed by atoms with Crippen molar-refractivity contribution in [2.75, 3.05) is 11.9 Å². The molecule has 24 heavy (non-hydrogen) atoms. The first-order valence-corrected chi connectivity index (χ1v) is 8.36. The van der Waals surface area contributed by atoms with E-state index in [9.17, 15) is 9.18 Å². The number of benzene rings is 1. The summed E-state index contributed by atoms with van der Waals surface area (Å²) in [6, 6.07) is 4.31. The van der Waals surface area contributed by atoms with Crippen molar-refractivity contribution in [2.24, 2.45) is 0 Å². The van der Waals surface area contributed by atoms with E-state index in [0.29, 0.717) is 23.3 Å². The van der Waals surface area contributed by atoms with Gasteiger partial charge in [-0.1, -0.05) is 19.8 Å². The summed E-state index contributed by atoms with van der Waals surface area (Å²) in [7, 11) is 0. The minimum atomic E-state index is -0.402. The third kappa shape index (κ3) is 4.77. The number of rotatable bonds is 7.